The van der Waals surface area contributed by atoms with Gasteiger partial charge in [-0.3, -0.25) is 9.78 Å². The third-order valence-electron chi connectivity index (χ3n) is 3.12. The van der Waals surface area contributed by atoms with Crippen molar-refractivity contribution < 1.29 is 9.53 Å². The van der Waals surface area contributed by atoms with Gasteiger partial charge in [0, 0.05) is 37.9 Å². The van der Waals surface area contributed by atoms with Crippen LogP contribution in [0.5, 0.6) is 0 Å². The topological polar surface area (TPSA) is 80.5 Å². The van der Waals surface area contributed by atoms with Crippen molar-refractivity contribution in [3.05, 3.63) is 29.6 Å². The summed E-state index contributed by atoms with van der Waals surface area (Å²) in [5, 5.41) is 2.88. The highest BCUT2D eigenvalue weighted by molar-refractivity contribution is 5.94. The van der Waals surface area contributed by atoms with Crippen LogP contribution in [0.1, 0.15) is 16.1 Å². The molecule has 7 heteroatoms. The first-order chi connectivity index (χ1) is 9.19. The zero-order valence-electron chi connectivity index (χ0n) is 11.5. The molecular weight excluding hydrogens is 280 g/mol. The molecule has 0 spiro atoms. The Morgan fingerprint density at radius 2 is 2.45 bits per heavy atom. The Bertz CT molecular complexity index is 444. The Morgan fingerprint density at radius 3 is 3.15 bits per heavy atom. The Labute approximate surface area is 125 Å². The largest absolute Gasteiger partial charge is 0.374 e. The van der Waals surface area contributed by atoms with Crippen molar-refractivity contribution in [3.8, 4) is 0 Å². The van der Waals surface area contributed by atoms with Gasteiger partial charge in [-0.2, -0.15) is 0 Å². The number of carbonyl (C=O) groups is 1. The monoisotopic (exact) mass is 300 g/mol. The summed E-state index contributed by atoms with van der Waals surface area (Å²) >= 11 is 0. The summed E-state index contributed by atoms with van der Waals surface area (Å²) in [5.41, 5.74) is 6.80. The number of halogens is 1. The Hall–Kier alpha value is -1.21. The van der Waals surface area contributed by atoms with Crippen molar-refractivity contribution in [1.82, 2.24) is 15.2 Å². The second kappa shape index (κ2) is 8.16. The molecule has 1 atom stereocenters. The second-order valence-corrected chi connectivity index (χ2v) is 4.71. The summed E-state index contributed by atoms with van der Waals surface area (Å²) in [6, 6.07) is 3.39. The van der Waals surface area contributed by atoms with Crippen LogP contribution in [0.2, 0.25) is 0 Å². The number of hydrogen-bond acceptors (Lipinski definition) is 5. The number of likely N-dealkylation sites (N-methyl/N-ethyl adjacent to an activating group) is 1. The number of pyridine rings is 1. The first-order valence-electron chi connectivity index (χ1n) is 6.42. The van der Waals surface area contributed by atoms with E-state index in [1.165, 1.54) is 0 Å². The van der Waals surface area contributed by atoms with Crippen molar-refractivity contribution in [2.24, 2.45) is 5.73 Å². The van der Waals surface area contributed by atoms with Crippen molar-refractivity contribution in [2.75, 3.05) is 33.3 Å². The zero-order chi connectivity index (χ0) is 13.7. The Morgan fingerprint density at radius 1 is 1.65 bits per heavy atom. The summed E-state index contributed by atoms with van der Waals surface area (Å²) in [4.78, 5) is 18.2. The minimum absolute atomic E-state index is 0. The SMILES string of the molecule is CN1CCOC(CNC(=O)c2ccnc(CN)c2)C1.Cl. The van der Waals surface area contributed by atoms with Gasteiger partial charge >= 0.3 is 0 Å². The molecule has 0 aromatic carbocycles. The van der Waals surface area contributed by atoms with E-state index in [0.717, 1.165) is 13.1 Å². The molecule has 20 heavy (non-hydrogen) atoms. The van der Waals surface area contributed by atoms with Crippen molar-refractivity contribution in [2.45, 2.75) is 12.6 Å². The molecule has 0 bridgehead atoms. The Kier molecular flexibility index (Phi) is 6.87. The number of nitrogens with two attached hydrogens (primary N) is 1. The van der Waals surface area contributed by atoms with Crippen molar-refractivity contribution >= 4 is 18.3 Å². The van der Waals surface area contributed by atoms with Gasteiger partial charge in [-0.05, 0) is 19.2 Å². The fourth-order valence-electron chi connectivity index (χ4n) is 2.03. The van der Waals surface area contributed by atoms with E-state index in [9.17, 15) is 4.79 Å². The summed E-state index contributed by atoms with van der Waals surface area (Å²) in [6.45, 7) is 3.34. The van der Waals surface area contributed by atoms with Gasteiger partial charge < -0.3 is 20.7 Å². The van der Waals surface area contributed by atoms with Gasteiger partial charge in [0.05, 0.1) is 18.4 Å². The van der Waals surface area contributed by atoms with Crippen LogP contribution in [0.25, 0.3) is 0 Å². The lowest BCUT2D eigenvalue weighted by molar-refractivity contribution is -0.0175. The fraction of sp³-hybridized carbons (Fsp3) is 0.538. The minimum atomic E-state index is -0.117. The van der Waals surface area contributed by atoms with Crippen LogP contribution >= 0.6 is 12.4 Å². The molecule has 0 saturated carbocycles. The maximum absolute atomic E-state index is 12.0. The van der Waals surface area contributed by atoms with Gasteiger partial charge in [0.25, 0.3) is 5.91 Å². The molecule has 1 aromatic rings. The molecule has 6 nitrogen and oxygen atoms in total. The normalized spacial score (nSPS) is 19.2. The van der Waals surface area contributed by atoms with Gasteiger partial charge in [0.2, 0.25) is 0 Å². The van der Waals surface area contributed by atoms with E-state index < -0.39 is 0 Å². The first-order valence-corrected chi connectivity index (χ1v) is 6.42. The molecule has 1 amide bonds. The van der Waals surface area contributed by atoms with Gasteiger partial charge in [0.15, 0.2) is 0 Å². The van der Waals surface area contributed by atoms with Gasteiger partial charge in [-0.1, -0.05) is 0 Å². The summed E-state index contributed by atoms with van der Waals surface area (Å²) in [5.74, 6) is -0.117. The van der Waals surface area contributed by atoms with Gasteiger partial charge in [-0.25, -0.2) is 0 Å². The van der Waals surface area contributed by atoms with Crippen LogP contribution in [0.15, 0.2) is 18.3 Å². The Balaban J connectivity index is 0.00000200. The smallest absolute Gasteiger partial charge is 0.251 e. The number of nitrogens with zero attached hydrogens (tertiary/aromatic N) is 2. The molecule has 1 fully saturated rings. The molecule has 1 aliphatic heterocycles. The molecule has 2 heterocycles. The maximum atomic E-state index is 12.0. The van der Waals surface area contributed by atoms with Crippen LogP contribution in [0, 0.1) is 0 Å². The third-order valence-corrected chi connectivity index (χ3v) is 3.12. The van der Waals surface area contributed by atoms with Crippen molar-refractivity contribution in [1.29, 1.82) is 0 Å². The van der Waals surface area contributed by atoms with Crippen LogP contribution in [0.3, 0.4) is 0 Å². The molecule has 0 radical (unpaired) electrons. The van der Waals surface area contributed by atoms with E-state index >= 15 is 0 Å². The highest BCUT2D eigenvalue weighted by Gasteiger charge is 2.18. The molecule has 1 aromatic heterocycles. The summed E-state index contributed by atoms with van der Waals surface area (Å²) in [7, 11) is 2.05. The van der Waals surface area contributed by atoms with Crippen LogP contribution in [-0.4, -0.2) is 55.2 Å². The lowest BCUT2D eigenvalue weighted by atomic mass is 10.2. The van der Waals surface area contributed by atoms with E-state index in [1.54, 1.807) is 18.3 Å². The number of amides is 1. The van der Waals surface area contributed by atoms with E-state index in [1.807, 2.05) is 7.05 Å². The first kappa shape index (κ1) is 16.8. The van der Waals surface area contributed by atoms with Crippen molar-refractivity contribution in [3.63, 3.8) is 0 Å². The number of rotatable bonds is 4. The second-order valence-electron chi connectivity index (χ2n) is 4.71. The highest BCUT2D eigenvalue weighted by atomic mass is 35.5. The predicted octanol–water partition coefficient (Wildman–Crippen LogP) is 0.0225. The summed E-state index contributed by atoms with van der Waals surface area (Å²) in [6.07, 6.45) is 1.65. The number of morpholine rings is 1. The van der Waals surface area contributed by atoms with Gasteiger partial charge in [-0.15, -0.1) is 12.4 Å². The van der Waals surface area contributed by atoms with Crippen LogP contribution in [-0.2, 0) is 11.3 Å². The maximum Gasteiger partial charge on any atom is 0.251 e. The van der Waals surface area contributed by atoms with E-state index in [4.69, 9.17) is 10.5 Å². The lowest BCUT2D eigenvalue weighted by Gasteiger charge is -2.30. The number of carbonyl (C=O) groups excluding carboxylic acids is 1. The molecule has 1 saturated heterocycles. The molecule has 1 aliphatic rings. The number of hydrogen-bond donors (Lipinski definition) is 2. The molecule has 0 aliphatic carbocycles. The zero-order valence-corrected chi connectivity index (χ0v) is 12.4. The average molecular weight is 301 g/mol. The van der Waals surface area contributed by atoms with E-state index in [2.05, 4.69) is 15.2 Å². The molecule has 1 unspecified atom stereocenters. The number of nitrogens with one attached hydrogen (secondary N) is 1. The standard InChI is InChI=1S/C13H20N4O2.ClH/c1-17-4-5-19-12(9-17)8-16-13(18)10-2-3-15-11(6-10)7-14;/h2-3,6,12H,4-5,7-9,14H2,1H3,(H,16,18);1H. The lowest BCUT2D eigenvalue weighted by Crippen LogP contribution is -2.45. The van der Waals surface area contributed by atoms with E-state index in [0.29, 0.717) is 31.0 Å². The van der Waals surface area contributed by atoms with E-state index in [-0.39, 0.29) is 24.4 Å². The summed E-state index contributed by atoms with van der Waals surface area (Å²) < 4.78 is 5.59. The average Bonchev–Trinajstić information content (AvgIpc) is 2.45. The quantitative estimate of drug-likeness (QED) is 0.819. The van der Waals surface area contributed by atoms with Crippen LogP contribution < -0.4 is 11.1 Å². The molecular formula is C13H21ClN4O2. The van der Waals surface area contributed by atoms with Gasteiger partial charge in [0.1, 0.15) is 0 Å². The fourth-order valence-corrected chi connectivity index (χ4v) is 2.03. The third kappa shape index (κ3) is 4.72. The molecule has 112 valence electrons. The highest BCUT2D eigenvalue weighted by Crippen LogP contribution is 2.04. The molecule has 2 rings (SSSR count). The van der Waals surface area contributed by atoms with Crippen LogP contribution in [0.4, 0.5) is 0 Å². The predicted molar refractivity (Wildman–Crippen MR) is 78.9 cm³/mol. The number of aromatic nitrogens is 1. The minimum Gasteiger partial charge on any atom is -0.374 e. The molecule has 3 N–H and O–H groups in total. The number of ether oxygens (including phenoxy) is 1.